The van der Waals surface area contributed by atoms with Crippen LogP contribution in [-0.2, 0) is 6.42 Å². The van der Waals surface area contributed by atoms with Gasteiger partial charge in [0.15, 0.2) is 0 Å². The van der Waals surface area contributed by atoms with Gasteiger partial charge in [-0.25, -0.2) is 14.8 Å². The first-order chi connectivity index (χ1) is 8.15. The van der Waals surface area contributed by atoms with E-state index < -0.39 is 5.97 Å². The molecule has 0 unspecified atom stereocenters. The van der Waals surface area contributed by atoms with Crippen molar-refractivity contribution in [3.8, 4) is 5.75 Å². The number of benzene rings is 1. The van der Waals surface area contributed by atoms with E-state index in [0.717, 1.165) is 11.1 Å². The lowest BCUT2D eigenvalue weighted by Gasteiger charge is -2.06. The largest absolute Gasteiger partial charge is 0.497 e. The Morgan fingerprint density at radius 3 is 2.76 bits per heavy atom. The molecule has 0 saturated carbocycles. The number of ether oxygens (including phenoxy) is 1. The molecule has 5 nitrogen and oxygen atoms in total. The van der Waals surface area contributed by atoms with E-state index in [-0.39, 0.29) is 5.82 Å². The van der Waals surface area contributed by atoms with E-state index in [9.17, 15) is 4.79 Å². The molecule has 0 fully saturated rings. The number of carboxylic acid groups (broad SMARTS) is 1. The molecule has 0 aliphatic carbocycles. The summed E-state index contributed by atoms with van der Waals surface area (Å²) in [6.45, 7) is 1.93. The number of carboxylic acids is 1. The summed E-state index contributed by atoms with van der Waals surface area (Å²) < 4.78 is 5.09. The summed E-state index contributed by atoms with van der Waals surface area (Å²) in [5.74, 6) is -0.651. The van der Waals surface area contributed by atoms with Crippen LogP contribution in [0.15, 0.2) is 18.2 Å². The molecule has 2 aromatic rings. The van der Waals surface area contributed by atoms with Crippen molar-refractivity contribution >= 4 is 16.9 Å². The van der Waals surface area contributed by atoms with Crippen molar-refractivity contribution in [2.24, 2.45) is 0 Å². The van der Waals surface area contributed by atoms with Gasteiger partial charge >= 0.3 is 5.97 Å². The average molecular weight is 232 g/mol. The second kappa shape index (κ2) is 4.37. The van der Waals surface area contributed by atoms with Crippen LogP contribution in [0.2, 0.25) is 0 Å². The van der Waals surface area contributed by atoms with Crippen molar-refractivity contribution in [3.63, 3.8) is 0 Å². The number of aromatic nitrogens is 2. The van der Waals surface area contributed by atoms with Gasteiger partial charge in [-0.05, 0) is 18.6 Å². The first kappa shape index (κ1) is 11.3. The number of fused-ring (bicyclic) bond motifs is 1. The third-order valence-electron chi connectivity index (χ3n) is 2.51. The molecule has 0 aliphatic rings. The maximum Gasteiger partial charge on any atom is 0.373 e. The van der Waals surface area contributed by atoms with Gasteiger partial charge < -0.3 is 9.84 Å². The summed E-state index contributed by atoms with van der Waals surface area (Å²) in [5.41, 5.74) is 1.32. The molecule has 17 heavy (non-hydrogen) atoms. The predicted molar refractivity (Wildman–Crippen MR) is 62.4 cm³/mol. The summed E-state index contributed by atoms with van der Waals surface area (Å²) in [6.07, 6.45) is 0.658. The molecule has 0 bridgehead atoms. The van der Waals surface area contributed by atoms with Crippen molar-refractivity contribution in [1.82, 2.24) is 9.97 Å². The zero-order valence-corrected chi connectivity index (χ0v) is 9.60. The van der Waals surface area contributed by atoms with Crippen LogP contribution in [0, 0.1) is 0 Å². The fraction of sp³-hybridized carbons (Fsp3) is 0.250. The van der Waals surface area contributed by atoms with E-state index in [1.165, 1.54) is 0 Å². The van der Waals surface area contributed by atoms with Gasteiger partial charge in [-0.1, -0.05) is 6.92 Å². The van der Waals surface area contributed by atoms with Gasteiger partial charge in [0.2, 0.25) is 5.82 Å². The van der Waals surface area contributed by atoms with Gasteiger partial charge in [-0.15, -0.1) is 0 Å². The molecule has 2 rings (SSSR count). The number of aromatic carboxylic acids is 1. The minimum absolute atomic E-state index is 0.178. The van der Waals surface area contributed by atoms with Crippen LogP contribution in [0.1, 0.15) is 23.2 Å². The Balaban J connectivity index is 2.73. The zero-order chi connectivity index (χ0) is 12.4. The van der Waals surface area contributed by atoms with E-state index in [1.807, 2.05) is 19.1 Å². The summed E-state index contributed by atoms with van der Waals surface area (Å²) in [5, 5.41) is 9.79. The van der Waals surface area contributed by atoms with Crippen LogP contribution in [-0.4, -0.2) is 28.2 Å². The highest BCUT2D eigenvalue weighted by Gasteiger charge is 2.12. The molecule has 0 radical (unpaired) electrons. The molecule has 88 valence electrons. The second-order valence-electron chi connectivity index (χ2n) is 3.54. The number of aryl methyl sites for hydroxylation is 1. The molecular weight excluding hydrogens is 220 g/mol. The number of hydrogen-bond acceptors (Lipinski definition) is 4. The topological polar surface area (TPSA) is 72.3 Å². The van der Waals surface area contributed by atoms with Crippen LogP contribution in [0.4, 0.5) is 0 Å². The van der Waals surface area contributed by atoms with Crippen LogP contribution >= 0.6 is 0 Å². The number of methoxy groups -OCH3 is 1. The third-order valence-corrected chi connectivity index (χ3v) is 2.51. The van der Waals surface area contributed by atoms with Crippen LogP contribution in [0.3, 0.4) is 0 Å². The van der Waals surface area contributed by atoms with Crippen molar-refractivity contribution in [2.45, 2.75) is 13.3 Å². The zero-order valence-electron chi connectivity index (χ0n) is 9.60. The van der Waals surface area contributed by atoms with Gasteiger partial charge in [0, 0.05) is 11.5 Å². The van der Waals surface area contributed by atoms with Gasteiger partial charge in [0.25, 0.3) is 0 Å². The van der Waals surface area contributed by atoms with Gasteiger partial charge in [-0.3, -0.25) is 0 Å². The Labute approximate surface area is 98.1 Å². The van der Waals surface area contributed by atoms with Crippen LogP contribution in [0.25, 0.3) is 10.9 Å². The summed E-state index contributed by atoms with van der Waals surface area (Å²) >= 11 is 0. The van der Waals surface area contributed by atoms with Gasteiger partial charge in [-0.2, -0.15) is 0 Å². The van der Waals surface area contributed by atoms with E-state index in [2.05, 4.69) is 9.97 Å². The predicted octanol–water partition coefficient (Wildman–Crippen LogP) is 1.90. The monoisotopic (exact) mass is 232 g/mol. The Bertz CT molecular complexity index is 581. The third kappa shape index (κ3) is 2.04. The number of carbonyl (C=O) groups is 1. The quantitative estimate of drug-likeness (QED) is 0.874. The second-order valence-corrected chi connectivity index (χ2v) is 3.54. The molecule has 1 heterocycles. The lowest BCUT2D eigenvalue weighted by atomic mass is 10.1. The maximum absolute atomic E-state index is 10.9. The minimum atomic E-state index is -1.12. The van der Waals surface area contributed by atoms with Crippen molar-refractivity contribution in [3.05, 3.63) is 29.7 Å². The number of rotatable bonds is 3. The molecule has 0 atom stereocenters. The molecule has 1 N–H and O–H groups in total. The Kier molecular flexibility index (Phi) is 2.91. The van der Waals surface area contributed by atoms with E-state index in [4.69, 9.17) is 9.84 Å². The molecule has 0 spiro atoms. The van der Waals surface area contributed by atoms with Gasteiger partial charge in [0.05, 0.1) is 18.3 Å². The van der Waals surface area contributed by atoms with E-state index in [0.29, 0.717) is 17.7 Å². The molecule has 0 saturated heterocycles. The van der Waals surface area contributed by atoms with Crippen molar-refractivity contribution in [1.29, 1.82) is 0 Å². The summed E-state index contributed by atoms with van der Waals surface area (Å²) in [4.78, 5) is 18.9. The number of nitrogens with zero attached hydrogens (tertiary/aromatic N) is 2. The lowest BCUT2D eigenvalue weighted by Crippen LogP contribution is -2.07. The normalized spacial score (nSPS) is 10.5. The first-order valence-corrected chi connectivity index (χ1v) is 5.23. The summed E-state index contributed by atoms with van der Waals surface area (Å²) in [7, 11) is 1.56. The summed E-state index contributed by atoms with van der Waals surface area (Å²) in [6, 6.07) is 5.37. The van der Waals surface area contributed by atoms with Crippen molar-refractivity contribution in [2.75, 3.05) is 7.11 Å². The molecule has 5 heteroatoms. The SMILES string of the molecule is CCc1nc(C(=O)O)nc2cc(OC)ccc12. The molecule has 0 aliphatic heterocycles. The Hall–Kier alpha value is -2.17. The van der Waals surface area contributed by atoms with Gasteiger partial charge in [0.1, 0.15) is 5.75 Å². The first-order valence-electron chi connectivity index (χ1n) is 5.23. The fourth-order valence-corrected chi connectivity index (χ4v) is 1.67. The van der Waals surface area contributed by atoms with Crippen LogP contribution in [0.5, 0.6) is 5.75 Å². The Morgan fingerprint density at radius 2 is 2.18 bits per heavy atom. The van der Waals surface area contributed by atoms with Crippen LogP contribution < -0.4 is 4.74 Å². The average Bonchev–Trinajstić information content (AvgIpc) is 2.36. The molecule has 1 aromatic heterocycles. The molecule has 1 aromatic carbocycles. The molecule has 0 amide bonds. The van der Waals surface area contributed by atoms with E-state index >= 15 is 0 Å². The fourth-order valence-electron chi connectivity index (χ4n) is 1.67. The maximum atomic E-state index is 10.9. The minimum Gasteiger partial charge on any atom is -0.497 e. The highest BCUT2D eigenvalue weighted by Crippen LogP contribution is 2.21. The van der Waals surface area contributed by atoms with Crippen molar-refractivity contribution < 1.29 is 14.6 Å². The highest BCUT2D eigenvalue weighted by atomic mass is 16.5. The molecular formula is C12H12N2O3. The standard InChI is InChI=1S/C12H12N2O3/c1-3-9-8-5-4-7(17-2)6-10(8)14-11(13-9)12(15)16/h4-6H,3H2,1-2H3,(H,15,16). The number of hydrogen-bond donors (Lipinski definition) is 1. The Morgan fingerprint density at radius 1 is 1.41 bits per heavy atom. The smallest absolute Gasteiger partial charge is 0.373 e. The lowest BCUT2D eigenvalue weighted by molar-refractivity contribution is 0.0683. The highest BCUT2D eigenvalue weighted by molar-refractivity contribution is 5.89. The van der Waals surface area contributed by atoms with E-state index in [1.54, 1.807) is 13.2 Å².